The molecule has 0 fully saturated rings. The monoisotopic (exact) mass is 561 g/mol. The molecule has 2 aromatic rings. The molecule has 5 rings (SSSR count). The Morgan fingerprint density at radius 1 is 1.05 bits per heavy atom. The zero-order chi connectivity index (χ0) is 29.9. The van der Waals surface area contributed by atoms with Crippen LogP contribution in [0.15, 0.2) is 54.1 Å². The molecule has 3 aliphatic rings. The number of nitro groups is 1. The van der Waals surface area contributed by atoms with E-state index in [1.54, 1.807) is 52.0 Å². The van der Waals surface area contributed by atoms with Gasteiger partial charge in [-0.25, -0.2) is 14.5 Å². The van der Waals surface area contributed by atoms with Crippen molar-refractivity contribution >= 4 is 35.3 Å². The van der Waals surface area contributed by atoms with Crippen LogP contribution < -0.4 is 9.80 Å². The number of hydrogen-bond donors (Lipinski definition) is 0. The van der Waals surface area contributed by atoms with Gasteiger partial charge in [0.05, 0.1) is 46.2 Å². The van der Waals surface area contributed by atoms with E-state index in [1.165, 1.54) is 24.3 Å². The van der Waals surface area contributed by atoms with Crippen molar-refractivity contribution in [2.45, 2.75) is 64.6 Å². The summed E-state index contributed by atoms with van der Waals surface area (Å²) in [6, 6.07) is 9.38. The first-order chi connectivity index (χ1) is 19.4. The van der Waals surface area contributed by atoms with Crippen LogP contribution in [0.4, 0.5) is 16.2 Å². The lowest BCUT2D eigenvalue weighted by Gasteiger charge is -2.32. The van der Waals surface area contributed by atoms with Crippen LogP contribution in [0, 0.1) is 16.0 Å². The van der Waals surface area contributed by atoms with E-state index in [0.29, 0.717) is 12.8 Å². The maximum atomic E-state index is 13.7. The molecular weight excluding hydrogens is 530 g/mol. The molecule has 3 amide bonds. The van der Waals surface area contributed by atoms with Gasteiger partial charge in [-0.2, -0.15) is 0 Å². The van der Waals surface area contributed by atoms with E-state index in [1.807, 2.05) is 6.92 Å². The molecule has 2 aliphatic heterocycles. The third-order valence-electron chi connectivity index (χ3n) is 7.64. The summed E-state index contributed by atoms with van der Waals surface area (Å²) in [6.45, 7) is 8.55. The Labute approximate surface area is 236 Å². The Kier molecular flexibility index (Phi) is 6.71. The van der Waals surface area contributed by atoms with Crippen molar-refractivity contribution in [3.63, 3.8) is 0 Å². The maximum Gasteiger partial charge on any atom is 0.415 e. The van der Waals surface area contributed by atoms with Crippen LogP contribution in [-0.2, 0) is 19.8 Å². The number of rotatable bonds is 6. The first-order valence-corrected chi connectivity index (χ1v) is 13.6. The van der Waals surface area contributed by atoms with Gasteiger partial charge in [-0.15, -0.1) is 0 Å². The molecule has 0 spiro atoms. The molecule has 2 aromatic carbocycles. The summed E-state index contributed by atoms with van der Waals surface area (Å²) >= 11 is 0. The smallest absolute Gasteiger partial charge is 0.415 e. The number of carbonyl (C=O) groups excluding carboxylic acids is 4. The fourth-order valence-electron chi connectivity index (χ4n) is 6.17. The molecule has 0 N–H and O–H groups in total. The van der Waals surface area contributed by atoms with Gasteiger partial charge in [0.2, 0.25) is 0 Å². The summed E-state index contributed by atoms with van der Waals surface area (Å²) < 4.78 is 10.9. The van der Waals surface area contributed by atoms with Crippen LogP contribution in [-0.4, -0.2) is 47.0 Å². The van der Waals surface area contributed by atoms with Gasteiger partial charge < -0.3 is 9.47 Å². The zero-order valence-electron chi connectivity index (χ0n) is 23.5. The zero-order valence-corrected chi connectivity index (χ0v) is 23.5. The Hall–Kier alpha value is -4.54. The molecule has 11 nitrogen and oxygen atoms in total. The Morgan fingerprint density at radius 2 is 1.68 bits per heavy atom. The molecule has 0 unspecified atom stereocenters. The lowest BCUT2D eigenvalue weighted by atomic mass is 9.77. The number of ether oxygens (including phenoxy) is 2. The van der Waals surface area contributed by atoms with Gasteiger partial charge in [0.25, 0.3) is 17.4 Å². The third-order valence-corrected chi connectivity index (χ3v) is 7.64. The minimum atomic E-state index is -1.99. The number of benzene rings is 2. The van der Waals surface area contributed by atoms with Gasteiger partial charge in [-0.05, 0) is 64.4 Å². The number of amides is 3. The molecule has 3 atom stereocenters. The fourth-order valence-corrected chi connectivity index (χ4v) is 6.17. The highest BCUT2D eigenvalue weighted by Gasteiger charge is 2.71. The lowest BCUT2D eigenvalue weighted by molar-refractivity contribution is -0.586. The van der Waals surface area contributed by atoms with Crippen LogP contribution in [0.3, 0.4) is 0 Å². The summed E-state index contributed by atoms with van der Waals surface area (Å²) in [5.41, 5.74) is -2.07. The van der Waals surface area contributed by atoms with Crippen LogP contribution in [0.25, 0.3) is 0 Å². The van der Waals surface area contributed by atoms with Gasteiger partial charge in [-0.3, -0.25) is 24.6 Å². The molecule has 0 aromatic heterocycles. The molecule has 0 saturated heterocycles. The fraction of sp³-hybridized carbons (Fsp3) is 0.400. The van der Waals surface area contributed by atoms with Crippen molar-refractivity contribution in [1.29, 1.82) is 0 Å². The number of esters is 1. The summed E-state index contributed by atoms with van der Waals surface area (Å²) in [5.74, 6) is -2.66. The Balaban J connectivity index is 1.74. The number of carbonyl (C=O) groups is 4. The summed E-state index contributed by atoms with van der Waals surface area (Å²) in [4.78, 5) is 68.4. The predicted molar refractivity (Wildman–Crippen MR) is 148 cm³/mol. The molecule has 0 radical (unpaired) electrons. The topological polar surface area (TPSA) is 136 Å². The molecule has 214 valence electrons. The maximum absolute atomic E-state index is 13.7. The van der Waals surface area contributed by atoms with Crippen molar-refractivity contribution in [2.24, 2.45) is 5.92 Å². The van der Waals surface area contributed by atoms with E-state index in [2.05, 4.69) is 0 Å². The van der Waals surface area contributed by atoms with E-state index in [0.717, 1.165) is 9.80 Å². The van der Waals surface area contributed by atoms with Crippen molar-refractivity contribution in [1.82, 2.24) is 0 Å². The summed E-state index contributed by atoms with van der Waals surface area (Å²) in [6.07, 6.45) is 1.55. The normalized spacial score (nSPS) is 22.7. The number of imide groups is 1. The van der Waals surface area contributed by atoms with Crippen molar-refractivity contribution in [3.05, 3.63) is 80.9 Å². The minimum Gasteiger partial charge on any atom is -0.463 e. The van der Waals surface area contributed by atoms with E-state index >= 15 is 0 Å². The Morgan fingerprint density at radius 3 is 2.22 bits per heavy atom. The number of fused-ring (bicyclic) bond motifs is 4. The highest BCUT2D eigenvalue weighted by molar-refractivity contribution is 6.34. The largest absolute Gasteiger partial charge is 0.463 e. The average molecular weight is 562 g/mol. The van der Waals surface area contributed by atoms with Gasteiger partial charge in [0.1, 0.15) is 11.6 Å². The van der Waals surface area contributed by atoms with Crippen LogP contribution >= 0.6 is 0 Å². The molecular formula is C30H31N3O8. The highest BCUT2D eigenvalue weighted by atomic mass is 16.6. The number of hydrogen-bond acceptors (Lipinski definition) is 8. The van der Waals surface area contributed by atoms with E-state index in [-0.39, 0.29) is 40.2 Å². The molecule has 0 bridgehead atoms. The molecule has 41 heavy (non-hydrogen) atoms. The first kappa shape index (κ1) is 28.0. The average Bonchev–Trinajstić information content (AvgIpc) is 3.48. The third kappa shape index (κ3) is 4.10. The number of nitrogens with zero attached hydrogens (tertiary/aromatic N) is 3. The second-order valence-electron chi connectivity index (χ2n) is 11.3. The van der Waals surface area contributed by atoms with Gasteiger partial charge >= 0.3 is 12.1 Å². The molecule has 1 aliphatic carbocycles. The predicted octanol–water partition coefficient (Wildman–Crippen LogP) is 5.00. The Bertz CT molecular complexity index is 1490. The van der Waals surface area contributed by atoms with E-state index < -0.39 is 51.9 Å². The van der Waals surface area contributed by atoms with Crippen LogP contribution in [0.1, 0.15) is 73.7 Å². The quantitative estimate of drug-likeness (QED) is 0.208. The van der Waals surface area contributed by atoms with Crippen molar-refractivity contribution < 1.29 is 33.6 Å². The second kappa shape index (κ2) is 9.83. The van der Waals surface area contributed by atoms with Gasteiger partial charge in [-0.1, -0.05) is 31.6 Å². The minimum absolute atomic E-state index is 0.00802. The molecule has 11 heteroatoms. The number of anilines is 2. The van der Waals surface area contributed by atoms with E-state index in [4.69, 9.17) is 9.47 Å². The summed E-state index contributed by atoms with van der Waals surface area (Å²) in [7, 11) is 0. The van der Waals surface area contributed by atoms with E-state index in [9.17, 15) is 29.3 Å². The SMILES string of the molecule is CCC[C@H]1C=C(C(=O)OCC)[C@H]2N(C(=O)OC(C)(C)C)c3ccc(N4C(=O)c5ccccc5C4=O)cc3[C@@]12[N+](=O)[O-]. The summed E-state index contributed by atoms with van der Waals surface area (Å²) in [5, 5.41) is 13.3. The van der Waals surface area contributed by atoms with Crippen LogP contribution in [0.5, 0.6) is 0 Å². The highest BCUT2D eigenvalue weighted by Crippen LogP contribution is 2.58. The van der Waals surface area contributed by atoms with Crippen LogP contribution in [0.2, 0.25) is 0 Å². The second-order valence-corrected chi connectivity index (χ2v) is 11.3. The molecule has 0 saturated carbocycles. The molecule has 2 heterocycles. The standard InChI is InChI=1S/C30H31N3O8/c1-6-10-17-15-21(27(36)40-7-2)24-30(17,33(38)39)22-16-18(13-14-23(22)32(24)28(37)41-29(3,4)5)31-25(34)19-11-8-9-12-20(19)26(31)35/h8-9,11-17,24H,6-7,10H2,1-5H3/t17-,24+,30-/m0/s1. The first-order valence-electron chi connectivity index (χ1n) is 13.6. The van der Waals surface area contributed by atoms with Gasteiger partial charge in [0.15, 0.2) is 0 Å². The van der Waals surface area contributed by atoms with Gasteiger partial charge in [0, 0.05) is 4.92 Å². The lowest BCUT2D eigenvalue weighted by Crippen LogP contribution is -2.54. The van der Waals surface area contributed by atoms with Crippen molar-refractivity contribution in [3.8, 4) is 0 Å². The van der Waals surface area contributed by atoms with Crippen molar-refractivity contribution in [2.75, 3.05) is 16.4 Å².